The predicted octanol–water partition coefficient (Wildman–Crippen LogP) is 6.97. The van der Waals surface area contributed by atoms with Gasteiger partial charge in [-0.05, 0) is 77.5 Å². The van der Waals surface area contributed by atoms with E-state index in [1.807, 2.05) is 0 Å². The lowest BCUT2D eigenvalue weighted by Crippen LogP contribution is -2.17. The highest BCUT2D eigenvalue weighted by Gasteiger charge is 2.37. The van der Waals surface area contributed by atoms with Crippen LogP contribution in [0.5, 0.6) is 0 Å². The molecule has 0 N–H and O–H groups in total. The monoisotopic (exact) mass is 396 g/mol. The van der Waals surface area contributed by atoms with Crippen LogP contribution in [0, 0.1) is 6.92 Å². The van der Waals surface area contributed by atoms with E-state index >= 15 is 0 Å². The molecule has 21 heavy (non-hydrogen) atoms. The van der Waals surface area contributed by atoms with Gasteiger partial charge in [-0.25, -0.2) is 0 Å². The van der Waals surface area contributed by atoms with Gasteiger partial charge in [-0.3, -0.25) is 0 Å². The predicted molar refractivity (Wildman–Crippen MR) is 103 cm³/mol. The zero-order valence-corrected chi connectivity index (χ0v) is 16.4. The quantitative estimate of drug-likeness (QED) is 0.456. The summed E-state index contributed by atoms with van der Waals surface area (Å²) in [4.78, 5) is 0. The molecule has 0 saturated carbocycles. The molecule has 0 saturated heterocycles. The van der Waals surface area contributed by atoms with E-state index < -0.39 is 0 Å². The van der Waals surface area contributed by atoms with E-state index in [-0.39, 0.29) is 5.41 Å². The highest BCUT2D eigenvalue weighted by molar-refractivity contribution is 14.1. The molecule has 0 heterocycles. The standard InChI is InChI=1S/C20H29I/c1-6-8-10-15-12-14(3)13-17-18(15)19(21)16(11-9-7-2)20(17,4)5/h12-13H,6-11H2,1-5H3. The normalized spacial score (nSPS) is 16.5. The zero-order valence-electron chi connectivity index (χ0n) is 14.3. The first kappa shape index (κ1) is 17.1. The van der Waals surface area contributed by atoms with E-state index in [1.54, 1.807) is 25.8 Å². The zero-order chi connectivity index (χ0) is 15.6. The van der Waals surface area contributed by atoms with E-state index in [0.29, 0.717) is 0 Å². The molecule has 0 bridgehead atoms. The summed E-state index contributed by atoms with van der Waals surface area (Å²) in [5.41, 5.74) is 8.04. The first-order valence-electron chi connectivity index (χ1n) is 8.47. The summed E-state index contributed by atoms with van der Waals surface area (Å²) in [6.07, 6.45) is 7.64. The van der Waals surface area contributed by atoms with Gasteiger partial charge in [0.1, 0.15) is 0 Å². The van der Waals surface area contributed by atoms with Crippen molar-refractivity contribution in [3.63, 3.8) is 0 Å². The third-order valence-corrected chi connectivity index (χ3v) is 6.05. The van der Waals surface area contributed by atoms with Gasteiger partial charge in [-0.15, -0.1) is 0 Å². The number of hydrogen-bond donors (Lipinski definition) is 0. The maximum atomic E-state index is 2.62. The van der Waals surface area contributed by atoms with Gasteiger partial charge in [-0.1, -0.05) is 58.2 Å². The third-order valence-electron chi connectivity index (χ3n) is 4.86. The summed E-state index contributed by atoms with van der Waals surface area (Å²) >= 11 is 2.62. The van der Waals surface area contributed by atoms with Crippen LogP contribution in [0.15, 0.2) is 17.7 Å². The molecule has 0 aromatic heterocycles. The molecule has 0 radical (unpaired) electrons. The molecule has 0 atom stereocenters. The van der Waals surface area contributed by atoms with E-state index in [4.69, 9.17) is 0 Å². The van der Waals surface area contributed by atoms with Gasteiger partial charge in [0.2, 0.25) is 0 Å². The highest BCUT2D eigenvalue weighted by Crippen LogP contribution is 2.52. The fourth-order valence-corrected chi connectivity index (χ4v) is 5.12. The average molecular weight is 396 g/mol. The molecule has 0 unspecified atom stereocenters. The highest BCUT2D eigenvalue weighted by atomic mass is 127. The summed E-state index contributed by atoms with van der Waals surface area (Å²) in [5.74, 6) is 0. The van der Waals surface area contributed by atoms with Gasteiger partial charge in [0.15, 0.2) is 0 Å². The molecule has 0 fully saturated rings. The van der Waals surface area contributed by atoms with Crippen LogP contribution in [-0.2, 0) is 11.8 Å². The van der Waals surface area contributed by atoms with Crippen molar-refractivity contribution in [3.8, 4) is 0 Å². The van der Waals surface area contributed by atoms with Gasteiger partial charge < -0.3 is 0 Å². The lowest BCUT2D eigenvalue weighted by molar-refractivity contribution is 0.592. The van der Waals surface area contributed by atoms with Crippen LogP contribution in [0.25, 0.3) is 3.58 Å². The van der Waals surface area contributed by atoms with Crippen molar-refractivity contribution in [3.05, 3.63) is 40.0 Å². The Bertz CT molecular complexity index is 549. The molecule has 0 spiro atoms. The fourth-order valence-electron chi connectivity index (χ4n) is 3.54. The molecule has 116 valence electrons. The Balaban J connectivity index is 2.52. The molecule has 1 aromatic rings. The van der Waals surface area contributed by atoms with Crippen LogP contribution < -0.4 is 0 Å². The Morgan fingerprint density at radius 1 is 1.00 bits per heavy atom. The molecule has 0 nitrogen and oxygen atoms in total. The van der Waals surface area contributed by atoms with Crippen molar-refractivity contribution in [2.75, 3.05) is 0 Å². The minimum Gasteiger partial charge on any atom is -0.0654 e. The Hall–Kier alpha value is -0.310. The average Bonchev–Trinajstić information content (AvgIpc) is 2.62. The van der Waals surface area contributed by atoms with Crippen LogP contribution in [-0.4, -0.2) is 0 Å². The van der Waals surface area contributed by atoms with Gasteiger partial charge in [0.25, 0.3) is 0 Å². The Labute approximate surface area is 144 Å². The second kappa shape index (κ2) is 6.85. The van der Waals surface area contributed by atoms with E-state index in [9.17, 15) is 0 Å². The van der Waals surface area contributed by atoms with Crippen molar-refractivity contribution in [2.45, 2.75) is 78.6 Å². The van der Waals surface area contributed by atoms with Crippen LogP contribution >= 0.6 is 22.6 Å². The van der Waals surface area contributed by atoms with Crippen molar-refractivity contribution in [2.24, 2.45) is 0 Å². The molecule has 0 amide bonds. The molecule has 1 heteroatoms. The minimum atomic E-state index is 0.216. The topological polar surface area (TPSA) is 0 Å². The Morgan fingerprint density at radius 2 is 1.62 bits per heavy atom. The lowest BCUT2D eigenvalue weighted by Gasteiger charge is -2.25. The largest absolute Gasteiger partial charge is 0.0654 e. The molecule has 1 aliphatic rings. The fraction of sp³-hybridized carbons (Fsp3) is 0.600. The second-order valence-corrected chi connectivity index (χ2v) is 8.05. The second-order valence-electron chi connectivity index (χ2n) is 6.97. The Morgan fingerprint density at radius 3 is 2.24 bits per heavy atom. The van der Waals surface area contributed by atoms with Gasteiger partial charge in [0.05, 0.1) is 0 Å². The van der Waals surface area contributed by atoms with E-state index in [1.165, 1.54) is 44.1 Å². The van der Waals surface area contributed by atoms with Gasteiger partial charge >= 0.3 is 0 Å². The SMILES string of the molecule is CCCCC1=C(I)c2c(CCCC)cc(C)cc2C1(C)C. The lowest BCUT2D eigenvalue weighted by atomic mass is 9.78. The molecular formula is C20H29I. The summed E-state index contributed by atoms with van der Waals surface area (Å²) < 4.78 is 1.55. The number of fused-ring (bicyclic) bond motifs is 1. The van der Waals surface area contributed by atoms with Crippen LogP contribution in [0.3, 0.4) is 0 Å². The van der Waals surface area contributed by atoms with Crippen molar-refractivity contribution in [1.82, 2.24) is 0 Å². The minimum absolute atomic E-state index is 0.216. The molecular weight excluding hydrogens is 367 g/mol. The first-order chi connectivity index (χ1) is 9.93. The number of allylic oxidation sites excluding steroid dienone is 1. The van der Waals surface area contributed by atoms with Crippen LogP contribution in [0.2, 0.25) is 0 Å². The molecule has 1 aliphatic carbocycles. The number of unbranched alkanes of at least 4 members (excludes halogenated alkanes) is 2. The van der Waals surface area contributed by atoms with Crippen molar-refractivity contribution >= 4 is 26.2 Å². The molecule has 2 rings (SSSR count). The number of rotatable bonds is 6. The number of hydrogen-bond acceptors (Lipinski definition) is 0. The number of benzene rings is 1. The van der Waals surface area contributed by atoms with Crippen molar-refractivity contribution in [1.29, 1.82) is 0 Å². The third kappa shape index (κ3) is 3.23. The van der Waals surface area contributed by atoms with Crippen LogP contribution in [0.1, 0.15) is 82.1 Å². The smallest absolute Gasteiger partial charge is 0.0209 e. The molecule has 1 aromatic carbocycles. The maximum absolute atomic E-state index is 2.62. The summed E-state index contributed by atoms with van der Waals surface area (Å²) in [6, 6.07) is 4.86. The van der Waals surface area contributed by atoms with E-state index in [2.05, 4.69) is 69.3 Å². The van der Waals surface area contributed by atoms with Crippen molar-refractivity contribution < 1.29 is 0 Å². The van der Waals surface area contributed by atoms with E-state index in [0.717, 1.165) is 0 Å². The first-order valence-corrected chi connectivity index (χ1v) is 9.54. The van der Waals surface area contributed by atoms with Gasteiger partial charge in [0, 0.05) is 8.99 Å². The maximum Gasteiger partial charge on any atom is 0.0209 e. The molecule has 0 aliphatic heterocycles. The Kier molecular flexibility index (Phi) is 5.56. The summed E-state index contributed by atoms with van der Waals surface area (Å²) in [5, 5.41) is 0. The van der Waals surface area contributed by atoms with Crippen LogP contribution in [0.4, 0.5) is 0 Å². The number of halogens is 1. The van der Waals surface area contributed by atoms with Gasteiger partial charge in [-0.2, -0.15) is 0 Å². The number of aryl methyl sites for hydroxylation is 2. The summed E-state index contributed by atoms with van der Waals surface area (Å²) in [7, 11) is 0. The summed E-state index contributed by atoms with van der Waals surface area (Å²) in [6.45, 7) is 11.7.